The Labute approximate surface area is 385 Å². The molecule has 5 heteroatoms. The minimum atomic E-state index is 0.613. The summed E-state index contributed by atoms with van der Waals surface area (Å²) in [6, 6.07) is 82.3. The molecule has 0 aliphatic heterocycles. The van der Waals surface area contributed by atoms with E-state index in [2.05, 4.69) is 223 Å². The van der Waals surface area contributed by atoms with Crippen molar-refractivity contribution in [3.63, 3.8) is 0 Å². The van der Waals surface area contributed by atoms with E-state index in [1.165, 1.54) is 41.7 Å². The molecule has 0 bridgehead atoms. The molecular formula is C61H38N4S. The average molecular weight is 859 g/mol. The van der Waals surface area contributed by atoms with Crippen LogP contribution in [-0.4, -0.2) is 19.5 Å². The van der Waals surface area contributed by atoms with Crippen molar-refractivity contribution < 1.29 is 0 Å². The topological polar surface area (TPSA) is 43.6 Å². The zero-order valence-corrected chi connectivity index (χ0v) is 36.5. The Bertz CT molecular complexity index is 3860. The fraction of sp³-hybridized carbons (Fsp3) is 0. The number of rotatable bonds is 7. The summed E-state index contributed by atoms with van der Waals surface area (Å²) in [4.78, 5) is 16.0. The molecule has 3 heterocycles. The molecule has 0 spiro atoms. The maximum absolute atomic E-state index is 5.38. The van der Waals surface area contributed by atoms with Crippen molar-refractivity contribution in [1.29, 1.82) is 0 Å². The van der Waals surface area contributed by atoms with Crippen LogP contribution in [0.25, 0.3) is 126 Å². The third kappa shape index (κ3) is 6.48. The van der Waals surface area contributed by atoms with Gasteiger partial charge in [-0.1, -0.05) is 188 Å². The van der Waals surface area contributed by atoms with Crippen molar-refractivity contribution in [2.45, 2.75) is 0 Å². The van der Waals surface area contributed by atoms with E-state index in [1.54, 1.807) is 0 Å². The van der Waals surface area contributed by atoms with Gasteiger partial charge in [0.1, 0.15) is 0 Å². The molecule has 66 heavy (non-hydrogen) atoms. The van der Waals surface area contributed by atoms with E-state index in [1.807, 2.05) is 23.5 Å². The number of fused-ring (bicyclic) bond motifs is 7. The first-order valence-electron chi connectivity index (χ1n) is 22.3. The number of nitrogens with zero attached hydrogens (tertiary/aromatic N) is 4. The molecular weight excluding hydrogens is 821 g/mol. The molecule has 10 aromatic carbocycles. The lowest BCUT2D eigenvalue weighted by Crippen LogP contribution is -2.02. The van der Waals surface area contributed by atoms with Crippen LogP contribution >= 0.6 is 11.3 Å². The van der Waals surface area contributed by atoms with Crippen LogP contribution in [0.1, 0.15) is 0 Å². The number of aromatic nitrogens is 4. The SMILES string of the molecule is c1ccc(-c2ccc(-c3nc(-c4ccc(-c5ccccc5)cc4)nc(-c4ccc(-n5c6ccccc6c6cc7ccccc7cc65)cc4-c4cccc5c4sc4ccccc45)n3)cc2)cc1. The van der Waals surface area contributed by atoms with Gasteiger partial charge in [0.05, 0.1) is 11.0 Å². The monoisotopic (exact) mass is 858 g/mol. The molecule has 0 N–H and O–H groups in total. The van der Waals surface area contributed by atoms with E-state index in [-0.39, 0.29) is 0 Å². The summed E-state index contributed by atoms with van der Waals surface area (Å²) in [7, 11) is 0. The van der Waals surface area contributed by atoms with Gasteiger partial charge in [0, 0.05) is 58.9 Å². The Kier molecular flexibility index (Phi) is 9.00. The quantitative estimate of drug-likeness (QED) is 0.160. The summed E-state index contributed by atoms with van der Waals surface area (Å²) in [5.74, 6) is 1.85. The molecule has 0 radical (unpaired) electrons. The van der Waals surface area contributed by atoms with Gasteiger partial charge in [-0.3, -0.25) is 0 Å². The summed E-state index contributed by atoms with van der Waals surface area (Å²) < 4.78 is 4.91. The van der Waals surface area contributed by atoms with E-state index in [0.29, 0.717) is 17.5 Å². The standard InChI is InChI=1S/C61H38N4S/c1-3-14-39(15-4-1)41-26-30-43(31-27-41)59-62-60(44-32-28-42(29-33-44)40-16-5-2-6-17-40)64-61(63-59)52-35-34-47(38-53(52)51-23-13-22-50-49-21-10-12-25-57(49)66-58(50)51)65-55-24-11-9-20-48(55)54-36-45-18-7-8-19-46(45)37-56(54)65/h1-38H. The van der Waals surface area contributed by atoms with Crippen molar-refractivity contribution in [3.8, 4) is 73.2 Å². The highest BCUT2D eigenvalue weighted by molar-refractivity contribution is 7.26. The van der Waals surface area contributed by atoms with Gasteiger partial charge in [-0.25, -0.2) is 15.0 Å². The first-order valence-corrected chi connectivity index (χ1v) is 23.1. The Hall–Kier alpha value is -8.51. The minimum absolute atomic E-state index is 0.613. The lowest BCUT2D eigenvalue weighted by Gasteiger charge is -2.16. The summed E-state index contributed by atoms with van der Waals surface area (Å²) in [6.07, 6.45) is 0. The molecule has 0 saturated heterocycles. The van der Waals surface area contributed by atoms with Crippen molar-refractivity contribution in [2.75, 3.05) is 0 Å². The lowest BCUT2D eigenvalue weighted by atomic mass is 9.96. The summed E-state index contributed by atoms with van der Waals surface area (Å²) in [5.41, 5.74) is 12.9. The molecule has 13 aromatic rings. The highest BCUT2D eigenvalue weighted by Gasteiger charge is 2.21. The van der Waals surface area contributed by atoms with Gasteiger partial charge in [-0.15, -0.1) is 11.3 Å². The zero-order valence-electron chi connectivity index (χ0n) is 35.6. The summed E-state index contributed by atoms with van der Waals surface area (Å²) in [5, 5.41) is 7.38. The van der Waals surface area contributed by atoms with Gasteiger partial charge in [0.2, 0.25) is 0 Å². The lowest BCUT2D eigenvalue weighted by molar-refractivity contribution is 1.07. The third-order valence-corrected chi connectivity index (χ3v) is 14.1. The van der Waals surface area contributed by atoms with Gasteiger partial charge in [-0.05, 0) is 81.1 Å². The molecule has 0 unspecified atom stereocenters. The zero-order chi connectivity index (χ0) is 43.6. The largest absolute Gasteiger partial charge is 0.309 e. The van der Waals surface area contributed by atoms with Gasteiger partial charge in [0.25, 0.3) is 0 Å². The van der Waals surface area contributed by atoms with Crippen LogP contribution in [0.3, 0.4) is 0 Å². The van der Waals surface area contributed by atoms with Gasteiger partial charge in [0.15, 0.2) is 17.5 Å². The van der Waals surface area contributed by atoms with Gasteiger partial charge < -0.3 is 4.57 Å². The van der Waals surface area contributed by atoms with E-state index in [9.17, 15) is 0 Å². The van der Waals surface area contributed by atoms with Gasteiger partial charge in [-0.2, -0.15) is 0 Å². The first kappa shape index (κ1) is 38.0. The average Bonchev–Trinajstić information content (AvgIpc) is 3.94. The van der Waals surface area contributed by atoms with Crippen LogP contribution in [0.4, 0.5) is 0 Å². The smallest absolute Gasteiger partial charge is 0.164 e. The molecule has 3 aromatic heterocycles. The fourth-order valence-electron chi connectivity index (χ4n) is 9.62. The molecule has 13 rings (SSSR count). The normalized spacial score (nSPS) is 11.6. The highest BCUT2D eigenvalue weighted by atomic mass is 32.1. The van der Waals surface area contributed by atoms with Crippen LogP contribution < -0.4 is 0 Å². The van der Waals surface area contributed by atoms with E-state index in [4.69, 9.17) is 15.0 Å². The van der Waals surface area contributed by atoms with Crippen LogP contribution in [0.15, 0.2) is 231 Å². The number of hydrogen-bond acceptors (Lipinski definition) is 4. The molecule has 0 aliphatic carbocycles. The minimum Gasteiger partial charge on any atom is -0.309 e. The Morgan fingerprint density at radius 3 is 1.52 bits per heavy atom. The second-order valence-electron chi connectivity index (χ2n) is 16.8. The first-order chi connectivity index (χ1) is 32.7. The van der Waals surface area contributed by atoms with Crippen molar-refractivity contribution >= 4 is 64.1 Å². The van der Waals surface area contributed by atoms with Crippen molar-refractivity contribution in [2.24, 2.45) is 0 Å². The predicted octanol–water partition coefficient (Wildman–Crippen LogP) is 16.5. The Morgan fingerprint density at radius 2 is 0.833 bits per heavy atom. The summed E-state index contributed by atoms with van der Waals surface area (Å²) >= 11 is 1.84. The Balaban J connectivity index is 1.05. The van der Waals surface area contributed by atoms with Crippen molar-refractivity contribution in [1.82, 2.24) is 19.5 Å². The van der Waals surface area contributed by atoms with Gasteiger partial charge >= 0.3 is 0 Å². The highest BCUT2D eigenvalue weighted by Crippen LogP contribution is 2.44. The molecule has 0 aliphatic rings. The number of hydrogen-bond donors (Lipinski definition) is 0. The maximum atomic E-state index is 5.38. The van der Waals surface area contributed by atoms with Crippen LogP contribution in [0, 0.1) is 0 Å². The van der Waals surface area contributed by atoms with E-state index in [0.717, 1.165) is 66.8 Å². The fourth-order valence-corrected chi connectivity index (χ4v) is 10.9. The molecule has 0 amide bonds. The van der Waals surface area contributed by atoms with E-state index < -0.39 is 0 Å². The molecule has 0 saturated carbocycles. The molecule has 4 nitrogen and oxygen atoms in total. The van der Waals surface area contributed by atoms with Crippen LogP contribution in [0.5, 0.6) is 0 Å². The second-order valence-corrected chi connectivity index (χ2v) is 17.8. The van der Waals surface area contributed by atoms with Crippen LogP contribution in [-0.2, 0) is 0 Å². The Morgan fingerprint density at radius 1 is 0.303 bits per heavy atom. The molecule has 0 fully saturated rings. The summed E-state index contributed by atoms with van der Waals surface area (Å²) in [6.45, 7) is 0. The van der Waals surface area contributed by atoms with Crippen molar-refractivity contribution in [3.05, 3.63) is 231 Å². The molecule has 0 atom stereocenters. The number of para-hydroxylation sites is 1. The maximum Gasteiger partial charge on any atom is 0.164 e. The second kappa shape index (κ2) is 15.6. The van der Waals surface area contributed by atoms with Crippen LogP contribution in [0.2, 0.25) is 0 Å². The third-order valence-electron chi connectivity index (χ3n) is 12.9. The number of benzene rings is 10. The predicted molar refractivity (Wildman–Crippen MR) is 277 cm³/mol. The van der Waals surface area contributed by atoms with E-state index >= 15 is 0 Å². The number of thiophene rings is 1. The molecule has 308 valence electrons.